The van der Waals surface area contributed by atoms with E-state index in [1.807, 2.05) is 12.1 Å². The highest BCUT2D eigenvalue weighted by molar-refractivity contribution is 5.82. The van der Waals surface area contributed by atoms with Gasteiger partial charge in [0.05, 0.1) is 20.3 Å². The first-order chi connectivity index (χ1) is 10.2. The Labute approximate surface area is 122 Å². The Balaban J connectivity index is 2.52. The zero-order chi connectivity index (χ0) is 15.2. The molecule has 106 valence electrons. The minimum Gasteiger partial charge on any atom is -0.493 e. The van der Waals surface area contributed by atoms with Crippen LogP contribution in [0.3, 0.4) is 0 Å². The summed E-state index contributed by atoms with van der Waals surface area (Å²) in [5.41, 5.74) is 2.24. The van der Waals surface area contributed by atoms with Crippen molar-refractivity contribution in [3.8, 4) is 17.6 Å². The molecule has 0 aromatic heterocycles. The Morgan fingerprint density at radius 2 is 1.62 bits per heavy atom. The fourth-order valence-electron chi connectivity index (χ4n) is 2.03. The summed E-state index contributed by atoms with van der Waals surface area (Å²) >= 11 is 0. The lowest BCUT2D eigenvalue weighted by Gasteiger charge is -2.12. The van der Waals surface area contributed by atoms with E-state index in [9.17, 15) is 4.39 Å². The molecule has 0 bridgehead atoms. The maximum atomic E-state index is 13.0. The van der Waals surface area contributed by atoms with Crippen LogP contribution in [0.25, 0.3) is 5.57 Å². The van der Waals surface area contributed by atoms with E-state index in [-0.39, 0.29) is 5.82 Å². The fraction of sp³-hybridized carbons (Fsp3) is 0.118. The van der Waals surface area contributed by atoms with Crippen molar-refractivity contribution in [1.82, 2.24) is 0 Å². The number of benzene rings is 2. The van der Waals surface area contributed by atoms with Crippen molar-refractivity contribution in [2.75, 3.05) is 14.2 Å². The molecule has 0 radical (unpaired) electrons. The standard InChI is InChI=1S/C17H14FNO2/c1-20-16-8-5-13(11-17(16)21-2)15(9-10-19)12-3-6-14(18)7-4-12/h3-9,11H,1-2H3/b15-9+. The van der Waals surface area contributed by atoms with Crippen molar-refractivity contribution in [3.63, 3.8) is 0 Å². The summed E-state index contributed by atoms with van der Waals surface area (Å²) in [4.78, 5) is 0. The van der Waals surface area contributed by atoms with Crippen LogP contribution in [0.5, 0.6) is 11.5 Å². The predicted molar refractivity (Wildman–Crippen MR) is 78.6 cm³/mol. The first kappa shape index (κ1) is 14.6. The molecule has 0 aliphatic heterocycles. The molecule has 0 unspecified atom stereocenters. The van der Waals surface area contributed by atoms with Crippen LogP contribution >= 0.6 is 0 Å². The average molecular weight is 283 g/mol. The average Bonchev–Trinajstić information content (AvgIpc) is 2.53. The maximum absolute atomic E-state index is 13.0. The van der Waals surface area contributed by atoms with Crippen LogP contribution in [0, 0.1) is 17.1 Å². The molecule has 2 aromatic rings. The van der Waals surface area contributed by atoms with Gasteiger partial charge in [-0.2, -0.15) is 5.26 Å². The Bertz CT molecular complexity index is 700. The molecular weight excluding hydrogens is 269 g/mol. The molecule has 0 atom stereocenters. The van der Waals surface area contributed by atoms with E-state index in [2.05, 4.69) is 0 Å². The molecule has 2 aromatic carbocycles. The number of methoxy groups -OCH3 is 2. The molecule has 0 saturated heterocycles. The highest BCUT2D eigenvalue weighted by Gasteiger charge is 2.10. The zero-order valence-corrected chi connectivity index (χ0v) is 11.8. The third-order valence-corrected chi connectivity index (χ3v) is 3.06. The van der Waals surface area contributed by atoms with Crippen molar-refractivity contribution in [1.29, 1.82) is 5.26 Å². The number of nitrogens with zero attached hydrogens (tertiary/aromatic N) is 1. The Morgan fingerprint density at radius 3 is 2.19 bits per heavy atom. The quantitative estimate of drug-likeness (QED) is 0.801. The van der Waals surface area contributed by atoms with Crippen molar-refractivity contribution in [2.45, 2.75) is 0 Å². The Morgan fingerprint density at radius 1 is 1.00 bits per heavy atom. The molecule has 3 nitrogen and oxygen atoms in total. The van der Waals surface area contributed by atoms with Gasteiger partial charge >= 0.3 is 0 Å². The van der Waals surface area contributed by atoms with E-state index < -0.39 is 0 Å². The van der Waals surface area contributed by atoms with Crippen LogP contribution < -0.4 is 9.47 Å². The van der Waals surface area contributed by atoms with Crippen LogP contribution in [-0.2, 0) is 0 Å². The van der Waals surface area contributed by atoms with Crippen molar-refractivity contribution in [3.05, 3.63) is 65.5 Å². The lowest BCUT2D eigenvalue weighted by atomic mass is 9.97. The zero-order valence-electron chi connectivity index (χ0n) is 11.8. The fourth-order valence-corrected chi connectivity index (χ4v) is 2.03. The van der Waals surface area contributed by atoms with Gasteiger partial charge in [0, 0.05) is 6.08 Å². The summed E-state index contributed by atoms with van der Waals surface area (Å²) in [5.74, 6) is 0.861. The van der Waals surface area contributed by atoms with E-state index >= 15 is 0 Å². The normalized spacial score (nSPS) is 10.9. The summed E-state index contributed by atoms with van der Waals surface area (Å²) in [6, 6.07) is 13.4. The summed E-state index contributed by atoms with van der Waals surface area (Å²) in [6.45, 7) is 0. The molecule has 0 heterocycles. The predicted octanol–water partition coefficient (Wildman–Crippen LogP) is 3.80. The van der Waals surface area contributed by atoms with Crippen molar-refractivity contribution in [2.24, 2.45) is 0 Å². The topological polar surface area (TPSA) is 42.2 Å². The molecule has 0 amide bonds. The second kappa shape index (κ2) is 6.58. The van der Waals surface area contributed by atoms with Crippen LogP contribution in [0.1, 0.15) is 11.1 Å². The number of halogens is 1. The summed E-state index contributed by atoms with van der Waals surface area (Å²) in [5, 5.41) is 8.98. The number of ether oxygens (including phenoxy) is 2. The third-order valence-electron chi connectivity index (χ3n) is 3.06. The first-order valence-corrected chi connectivity index (χ1v) is 6.27. The highest BCUT2D eigenvalue weighted by Crippen LogP contribution is 2.32. The van der Waals surface area contributed by atoms with Crippen LogP contribution in [-0.4, -0.2) is 14.2 Å². The molecule has 2 rings (SSSR count). The molecule has 4 heteroatoms. The number of allylic oxidation sites excluding steroid dienone is 1. The molecule has 21 heavy (non-hydrogen) atoms. The van der Waals surface area contributed by atoms with E-state index in [1.165, 1.54) is 18.2 Å². The largest absolute Gasteiger partial charge is 0.493 e. The minimum atomic E-state index is -0.317. The molecule has 0 saturated carbocycles. The van der Waals surface area contributed by atoms with Gasteiger partial charge < -0.3 is 9.47 Å². The van der Waals surface area contributed by atoms with E-state index in [0.717, 1.165) is 11.1 Å². The number of rotatable bonds is 4. The second-order valence-corrected chi connectivity index (χ2v) is 4.26. The van der Waals surface area contributed by atoms with Crippen molar-refractivity contribution >= 4 is 5.57 Å². The maximum Gasteiger partial charge on any atom is 0.161 e. The molecule has 0 fully saturated rings. The Hall–Kier alpha value is -2.80. The van der Waals surface area contributed by atoms with Gasteiger partial charge in [-0.25, -0.2) is 4.39 Å². The monoisotopic (exact) mass is 283 g/mol. The van der Waals surface area contributed by atoms with Gasteiger partial charge in [0.25, 0.3) is 0 Å². The van der Waals surface area contributed by atoms with Gasteiger partial charge in [-0.15, -0.1) is 0 Å². The highest BCUT2D eigenvalue weighted by atomic mass is 19.1. The van der Waals surface area contributed by atoms with E-state index in [1.54, 1.807) is 38.5 Å². The minimum absolute atomic E-state index is 0.317. The molecular formula is C17H14FNO2. The van der Waals surface area contributed by atoms with Gasteiger partial charge in [-0.1, -0.05) is 18.2 Å². The first-order valence-electron chi connectivity index (χ1n) is 6.27. The summed E-state index contributed by atoms with van der Waals surface area (Å²) in [7, 11) is 3.11. The van der Waals surface area contributed by atoms with Crippen LogP contribution in [0.15, 0.2) is 48.5 Å². The van der Waals surface area contributed by atoms with Crippen LogP contribution in [0.2, 0.25) is 0 Å². The van der Waals surface area contributed by atoms with Gasteiger partial charge in [0.2, 0.25) is 0 Å². The molecule has 0 spiro atoms. The smallest absolute Gasteiger partial charge is 0.161 e. The van der Waals surface area contributed by atoms with Gasteiger partial charge in [-0.3, -0.25) is 0 Å². The number of hydrogen-bond donors (Lipinski definition) is 0. The lowest BCUT2D eigenvalue weighted by molar-refractivity contribution is 0.355. The lowest BCUT2D eigenvalue weighted by Crippen LogP contribution is -1.94. The Kier molecular flexibility index (Phi) is 4.57. The second-order valence-electron chi connectivity index (χ2n) is 4.26. The summed E-state index contributed by atoms with van der Waals surface area (Å²) < 4.78 is 23.5. The summed E-state index contributed by atoms with van der Waals surface area (Å²) in [6.07, 6.45) is 1.43. The van der Waals surface area contributed by atoms with Gasteiger partial charge in [0.1, 0.15) is 5.82 Å². The third kappa shape index (κ3) is 3.21. The number of hydrogen-bond acceptors (Lipinski definition) is 3. The van der Waals surface area contributed by atoms with E-state index in [0.29, 0.717) is 17.1 Å². The van der Waals surface area contributed by atoms with E-state index in [4.69, 9.17) is 14.7 Å². The van der Waals surface area contributed by atoms with Gasteiger partial charge in [-0.05, 0) is 41.0 Å². The molecule has 0 aliphatic carbocycles. The SMILES string of the molecule is COc1ccc(/C(=C/C#N)c2ccc(F)cc2)cc1OC. The molecule has 0 aliphatic rings. The molecule has 0 N–H and O–H groups in total. The van der Waals surface area contributed by atoms with Gasteiger partial charge in [0.15, 0.2) is 11.5 Å². The van der Waals surface area contributed by atoms with Crippen LogP contribution in [0.4, 0.5) is 4.39 Å². The van der Waals surface area contributed by atoms with Crippen molar-refractivity contribution < 1.29 is 13.9 Å². The number of nitriles is 1.